The molecule has 22 heavy (non-hydrogen) atoms. The smallest absolute Gasteiger partial charge is 0.407 e. The quantitative estimate of drug-likeness (QED) is 0.734. The number of nitrogens with one attached hydrogen (secondary N) is 2. The van der Waals surface area contributed by atoms with Gasteiger partial charge in [0.15, 0.2) is 0 Å². The standard InChI is InChI=1S/C16H32N2O4/c1-12(18-14(20)22-16(5,6)7)10-8-9-11-17-13(19)21-15(2,3)4/h12H,8-11H2,1-7H3,(H,17,19)(H,18,20)/t12-/m1/s1. The molecule has 0 fully saturated rings. The molecular weight excluding hydrogens is 284 g/mol. The van der Waals surface area contributed by atoms with E-state index in [0.29, 0.717) is 6.54 Å². The number of ether oxygens (including phenoxy) is 2. The number of alkyl carbamates (subject to hydrolysis) is 2. The van der Waals surface area contributed by atoms with Crippen LogP contribution in [-0.4, -0.2) is 36.0 Å². The molecule has 130 valence electrons. The normalized spacial score (nSPS) is 13.2. The summed E-state index contributed by atoms with van der Waals surface area (Å²) in [7, 11) is 0. The van der Waals surface area contributed by atoms with E-state index in [2.05, 4.69) is 10.6 Å². The van der Waals surface area contributed by atoms with Crippen molar-refractivity contribution >= 4 is 12.2 Å². The maximum absolute atomic E-state index is 11.6. The van der Waals surface area contributed by atoms with E-state index in [1.165, 1.54) is 0 Å². The van der Waals surface area contributed by atoms with Crippen LogP contribution in [0.25, 0.3) is 0 Å². The molecule has 6 nitrogen and oxygen atoms in total. The molecule has 0 aromatic carbocycles. The zero-order chi connectivity index (χ0) is 17.4. The van der Waals surface area contributed by atoms with Gasteiger partial charge < -0.3 is 20.1 Å². The van der Waals surface area contributed by atoms with E-state index in [1.807, 2.05) is 48.5 Å². The molecule has 0 saturated carbocycles. The Morgan fingerprint density at radius 3 is 1.91 bits per heavy atom. The number of carbonyl (C=O) groups excluding carboxylic acids is 2. The zero-order valence-electron chi connectivity index (χ0n) is 15.0. The molecule has 0 aliphatic heterocycles. The minimum absolute atomic E-state index is 0.0383. The Morgan fingerprint density at radius 2 is 1.41 bits per heavy atom. The molecule has 2 amide bonds. The molecule has 0 aliphatic carbocycles. The van der Waals surface area contributed by atoms with Gasteiger partial charge >= 0.3 is 12.2 Å². The van der Waals surface area contributed by atoms with Gasteiger partial charge in [0.2, 0.25) is 0 Å². The summed E-state index contributed by atoms with van der Waals surface area (Å²) in [5, 5.41) is 5.51. The van der Waals surface area contributed by atoms with Crippen LogP contribution in [0.5, 0.6) is 0 Å². The average molecular weight is 316 g/mol. The summed E-state index contributed by atoms with van der Waals surface area (Å²) in [4.78, 5) is 23.0. The van der Waals surface area contributed by atoms with Gasteiger partial charge in [-0.3, -0.25) is 0 Å². The first-order valence-electron chi connectivity index (χ1n) is 7.85. The van der Waals surface area contributed by atoms with Gasteiger partial charge in [-0.1, -0.05) is 0 Å². The van der Waals surface area contributed by atoms with E-state index in [0.717, 1.165) is 19.3 Å². The lowest BCUT2D eigenvalue weighted by Crippen LogP contribution is -2.37. The fraction of sp³-hybridized carbons (Fsp3) is 0.875. The Bertz CT molecular complexity index is 356. The van der Waals surface area contributed by atoms with E-state index >= 15 is 0 Å². The number of amides is 2. The molecule has 0 spiro atoms. The molecule has 0 radical (unpaired) electrons. The summed E-state index contributed by atoms with van der Waals surface area (Å²) in [5.74, 6) is 0. The highest BCUT2D eigenvalue weighted by Gasteiger charge is 2.17. The van der Waals surface area contributed by atoms with Crippen LogP contribution in [0.1, 0.15) is 67.7 Å². The van der Waals surface area contributed by atoms with Gasteiger partial charge in [-0.25, -0.2) is 9.59 Å². The lowest BCUT2D eigenvalue weighted by Gasteiger charge is -2.22. The third kappa shape index (κ3) is 13.5. The second-order valence-corrected chi connectivity index (χ2v) is 7.47. The van der Waals surface area contributed by atoms with Gasteiger partial charge in [-0.2, -0.15) is 0 Å². The van der Waals surface area contributed by atoms with Crippen LogP contribution in [-0.2, 0) is 9.47 Å². The topological polar surface area (TPSA) is 76.7 Å². The number of hydrogen-bond acceptors (Lipinski definition) is 4. The average Bonchev–Trinajstić information content (AvgIpc) is 2.22. The molecule has 0 saturated heterocycles. The second kappa shape index (κ2) is 8.86. The third-order valence-electron chi connectivity index (χ3n) is 2.50. The van der Waals surface area contributed by atoms with Crippen LogP contribution in [0.3, 0.4) is 0 Å². The van der Waals surface area contributed by atoms with Crippen molar-refractivity contribution in [1.29, 1.82) is 0 Å². The molecule has 2 N–H and O–H groups in total. The van der Waals surface area contributed by atoms with Crippen molar-refractivity contribution in [2.75, 3.05) is 6.54 Å². The van der Waals surface area contributed by atoms with E-state index in [4.69, 9.17) is 9.47 Å². The largest absolute Gasteiger partial charge is 0.444 e. The lowest BCUT2D eigenvalue weighted by atomic mass is 10.1. The molecular formula is C16H32N2O4. The molecule has 0 aromatic rings. The first-order valence-corrected chi connectivity index (χ1v) is 7.85. The summed E-state index contributed by atoms with van der Waals surface area (Å²) >= 11 is 0. The Labute approximate surface area is 134 Å². The fourth-order valence-electron chi connectivity index (χ4n) is 1.66. The molecule has 1 atom stereocenters. The summed E-state index contributed by atoms with van der Waals surface area (Å²) < 4.78 is 10.3. The van der Waals surface area contributed by atoms with Crippen molar-refractivity contribution in [1.82, 2.24) is 10.6 Å². The predicted molar refractivity (Wildman–Crippen MR) is 86.9 cm³/mol. The van der Waals surface area contributed by atoms with Crippen molar-refractivity contribution in [3.63, 3.8) is 0 Å². The van der Waals surface area contributed by atoms with Crippen LogP contribution in [0.2, 0.25) is 0 Å². The molecule has 0 aliphatic rings. The highest BCUT2D eigenvalue weighted by atomic mass is 16.6. The Kier molecular flexibility index (Phi) is 8.27. The Balaban J connectivity index is 3.71. The van der Waals surface area contributed by atoms with Crippen LogP contribution < -0.4 is 10.6 Å². The van der Waals surface area contributed by atoms with Crippen molar-refractivity contribution in [2.24, 2.45) is 0 Å². The molecule has 6 heteroatoms. The van der Waals surface area contributed by atoms with Crippen LogP contribution in [0, 0.1) is 0 Å². The van der Waals surface area contributed by atoms with Gasteiger partial charge in [-0.15, -0.1) is 0 Å². The number of carbonyl (C=O) groups is 2. The van der Waals surface area contributed by atoms with E-state index < -0.39 is 23.4 Å². The molecule has 0 aromatic heterocycles. The molecule has 0 rings (SSSR count). The summed E-state index contributed by atoms with van der Waals surface area (Å²) in [6, 6.07) is 0.0383. The van der Waals surface area contributed by atoms with Crippen LogP contribution >= 0.6 is 0 Å². The summed E-state index contributed by atoms with van der Waals surface area (Å²) in [6.07, 6.45) is 1.76. The maximum Gasteiger partial charge on any atom is 0.407 e. The maximum atomic E-state index is 11.6. The van der Waals surface area contributed by atoms with Gasteiger partial charge in [0.1, 0.15) is 11.2 Å². The van der Waals surface area contributed by atoms with Crippen molar-refractivity contribution < 1.29 is 19.1 Å². The lowest BCUT2D eigenvalue weighted by molar-refractivity contribution is 0.0504. The van der Waals surface area contributed by atoms with Gasteiger partial charge in [0, 0.05) is 12.6 Å². The summed E-state index contributed by atoms with van der Waals surface area (Å²) in [5.41, 5.74) is -0.961. The Hall–Kier alpha value is -1.46. The highest BCUT2D eigenvalue weighted by Crippen LogP contribution is 2.08. The van der Waals surface area contributed by atoms with Gasteiger partial charge in [0.25, 0.3) is 0 Å². The summed E-state index contributed by atoms with van der Waals surface area (Å²) in [6.45, 7) is 13.5. The van der Waals surface area contributed by atoms with Crippen molar-refractivity contribution in [2.45, 2.75) is 85.0 Å². The third-order valence-corrected chi connectivity index (χ3v) is 2.50. The highest BCUT2D eigenvalue weighted by molar-refractivity contribution is 5.68. The van der Waals surface area contributed by atoms with Gasteiger partial charge in [0.05, 0.1) is 0 Å². The Morgan fingerprint density at radius 1 is 0.909 bits per heavy atom. The van der Waals surface area contributed by atoms with Crippen LogP contribution in [0.15, 0.2) is 0 Å². The second-order valence-electron chi connectivity index (χ2n) is 7.47. The molecule has 0 unspecified atom stereocenters. The minimum Gasteiger partial charge on any atom is -0.444 e. The van der Waals surface area contributed by atoms with Crippen molar-refractivity contribution in [3.8, 4) is 0 Å². The zero-order valence-corrected chi connectivity index (χ0v) is 15.0. The van der Waals surface area contributed by atoms with Crippen LogP contribution in [0.4, 0.5) is 9.59 Å². The first-order chi connectivity index (χ1) is 9.89. The minimum atomic E-state index is -0.485. The molecule has 0 bridgehead atoms. The van der Waals surface area contributed by atoms with Gasteiger partial charge in [-0.05, 0) is 67.7 Å². The molecule has 0 heterocycles. The fourth-order valence-corrected chi connectivity index (χ4v) is 1.66. The number of hydrogen-bond donors (Lipinski definition) is 2. The monoisotopic (exact) mass is 316 g/mol. The van der Waals surface area contributed by atoms with E-state index in [1.54, 1.807) is 0 Å². The predicted octanol–water partition coefficient (Wildman–Crippen LogP) is 3.59. The van der Waals surface area contributed by atoms with E-state index in [9.17, 15) is 9.59 Å². The van der Waals surface area contributed by atoms with E-state index in [-0.39, 0.29) is 6.04 Å². The SMILES string of the molecule is C[C@H](CCCCNC(=O)OC(C)(C)C)NC(=O)OC(C)(C)C. The first kappa shape index (κ1) is 20.5. The number of rotatable bonds is 6. The van der Waals surface area contributed by atoms with Crippen molar-refractivity contribution in [3.05, 3.63) is 0 Å². The number of unbranched alkanes of at least 4 members (excludes halogenated alkanes) is 1.